The Morgan fingerprint density at radius 2 is 2.00 bits per heavy atom. The van der Waals surface area contributed by atoms with Crippen LogP contribution in [0, 0.1) is 0 Å². The van der Waals surface area contributed by atoms with Gasteiger partial charge in [-0.3, -0.25) is 0 Å². The molecular weight excluding hydrogens is 142 g/mol. The Morgan fingerprint density at radius 3 is 2.00 bits per heavy atom. The largest absolute Gasteiger partial charge is 0.478 e. The molecule has 3 N–H and O–H groups in total. The summed E-state index contributed by atoms with van der Waals surface area (Å²) < 4.78 is 0. The highest BCUT2D eigenvalue weighted by molar-refractivity contribution is 5.84. The summed E-state index contributed by atoms with van der Waals surface area (Å²) in [6.45, 7) is 7.58. The molecule has 11 heavy (non-hydrogen) atoms. The second kappa shape index (κ2) is 9.17. The van der Waals surface area contributed by atoms with E-state index in [0.717, 1.165) is 6.54 Å². The van der Waals surface area contributed by atoms with E-state index >= 15 is 0 Å². The topological polar surface area (TPSA) is 63.3 Å². The average Bonchev–Trinajstić information content (AvgIpc) is 1.90. The van der Waals surface area contributed by atoms with Crippen molar-refractivity contribution in [3.8, 4) is 0 Å². The highest BCUT2D eigenvalue weighted by Crippen LogP contribution is 1.81. The molecule has 0 aromatic rings. The second-order valence-electron chi connectivity index (χ2n) is 2.23. The SMILES string of the molecule is C=C(C)C(=O)O.CCCCN. The fourth-order valence-electron chi connectivity index (χ4n) is 0.204. The summed E-state index contributed by atoms with van der Waals surface area (Å²) in [5, 5.41) is 7.89. The molecule has 0 rings (SSSR count). The molecule has 0 heterocycles. The zero-order chi connectivity index (χ0) is 9.28. The lowest BCUT2D eigenvalue weighted by Gasteiger charge is -1.80. The van der Waals surface area contributed by atoms with Crippen molar-refractivity contribution in [2.45, 2.75) is 26.7 Å². The molecule has 0 bridgehead atoms. The molecule has 0 saturated heterocycles. The molecule has 0 unspecified atom stereocenters. The number of nitrogens with two attached hydrogens (primary N) is 1. The molecular formula is C8H17NO2. The van der Waals surface area contributed by atoms with E-state index in [2.05, 4.69) is 13.5 Å². The Balaban J connectivity index is 0. The monoisotopic (exact) mass is 159 g/mol. The Bertz CT molecular complexity index is 107. The molecule has 0 aromatic carbocycles. The highest BCUT2D eigenvalue weighted by Gasteiger charge is 1.90. The summed E-state index contributed by atoms with van der Waals surface area (Å²) >= 11 is 0. The molecule has 0 saturated carbocycles. The maximum absolute atomic E-state index is 9.60. The lowest BCUT2D eigenvalue weighted by molar-refractivity contribution is -0.132. The number of unbranched alkanes of at least 4 members (excludes halogenated alkanes) is 1. The Morgan fingerprint density at radius 1 is 1.64 bits per heavy atom. The van der Waals surface area contributed by atoms with E-state index in [9.17, 15) is 4.79 Å². The first-order valence-electron chi connectivity index (χ1n) is 3.65. The van der Waals surface area contributed by atoms with Gasteiger partial charge in [0.2, 0.25) is 0 Å². The zero-order valence-corrected chi connectivity index (χ0v) is 7.26. The van der Waals surface area contributed by atoms with Gasteiger partial charge in [0, 0.05) is 5.57 Å². The van der Waals surface area contributed by atoms with Crippen LogP contribution < -0.4 is 5.73 Å². The maximum Gasteiger partial charge on any atom is 0.330 e. The van der Waals surface area contributed by atoms with E-state index in [1.807, 2.05) is 0 Å². The van der Waals surface area contributed by atoms with Crippen LogP contribution in [-0.4, -0.2) is 17.6 Å². The van der Waals surface area contributed by atoms with Gasteiger partial charge in [0.25, 0.3) is 0 Å². The van der Waals surface area contributed by atoms with Gasteiger partial charge in [-0.1, -0.05) is 19.9 Å². The van der Waals surface area contributed by atoms with E-state index in [-0.39, 0.29) is 5.57 Å². The fraction of sp³-hybridized carbons (Fsp3) is 0.625. The summed E-state index contributed by atoms with van der Waals surface area (Å²) in [6, 6.07) is 0. The van der Waals surface area contributed by atoms with Crippen molar-refractivity contribution in [1.29, 1.82) is 0 Å². The van der Waals surface area contributed by atoms with Crippen LogP contribution in [0.25, 0.3) is 0 Å². The van der Waals surface area contributed by atoms with Crippen LogP contribution in [0.4, 0.5) is 0 Å². The van der Waals surface area contributed by atoms with Crippen molar-refractivity contribution in [3.63, 3.8) is 0 Å². The van der Waals surface area contributed by atoms with Gasteiger partial charge in [-0.15, -0.1) is 0 Å². The third kappa shape index (κ3) is 17.6. The van der Waals surface area contributed by atoms with Gasteiger partial charge in [-0.05, 0) is 19.9 Å². The van der Waals surface area contributed by atoms with Crippen LogP contribution in [0.1, 0.15) is 26.7 Å². The van der Waals surface area contributed by atoms with Crippen molar-refractivity contribution in [1.82, 2.24) is 0 Å². The molecule has 3 heteroatoms. The minimum absolute atomic E-state index is 0.176. The molecule has 0 atom stereocenters. The van der Waals surface area contributed by atoms with Gasteiger partial charge in [0.05, 0.1) is 0 Å². The van der Waals surface area contributed by atoms with Gasteiger partial charge < -0.3 is 10.8 Å². The molecule has 66 valence electrons. The van der Waals surface area contributed by atoms with Crippen molar-refractivity contribution in [2.75, 3.05) is 6.54 Å². The molecule has 0 radical (unpaired) electrons. The van der Waals surface area contributed by atoms with Crippen molar-refractivity contribution in [3.05, 3.63) is 12.2 Å². The van der Waals surface area contributed by atoms with Crippen LogP contribution in [0.15, 0.2) is 12.2 Å². The first-order chi connectivity index (χ1) is 5.06. The smallest absolute Gasteiger partial charge is 0.330 e. The maximum atomic E-state index is 9.60. The Kier molecular flexibility index (Phi) is 10.7. The lowest BCUT2D eigenvalue weighted by Crippen LogP contribution is -1.95. The Labute approximate surface area is 67.9 Å². The molecule has 0 aliphatic rings. The summed E-state index contributed by atoms with van der Waals surface area (Å²) in [5.41, 5.74) is 5.31. The van der Waals surface area contributed by atoms with Crippen molar-refractivity contribution < 1.29 is 9.90 Å². The molecule has 0 aromatic heterocycles. The fourth-order valence-corrected chi connectivity index (χ4v) is 0.204. The number of aliphatic carboxylic acids is 1. The highest BCUT2D eigenvalue weighted by atomic mass is 16.4. The normalized spacial score (nSPS) is 7.91. The lowest BCUT2D eigenvalue weighted by atomic mass is 10.3. The van der Waals surface area contributed by atoms with Gasteiger partial charge in [-0.25, -0.2) is 4.79 Å². The quantitative estimate of drug-likeness (QED) is 0.612. The summed E-state index contributed by atoms with van der Waals surface area (Å²) in [5.74, 6) is -0.935. The minimum atomic E-state index is -0.935. The number of carboxylic acids is 1. The molecule has 0 aliphatic heterocycles. The van der Waals surface area contributed by atoms with E-state index in [1.165, 1.54) is 19.8 Å². The van der Waals surface area contributed by atoms with Crippen LogP contribution in [0.3, 0.4) is 0 Å². The van der Waals surface area contributed by atoms with Crippen molar-refractivity contribution >= 4 is 5.97 Å². The minimum Gasteiger partial charge on any atom is -0.478 e. The van der Waals surface area contributed by atoms with Gasteiger partial charge >= 0.3 is 5.97 Å². The number of hydrogen-bond donors (Lipinski definition) is 2. The predicted octanol–water partition coefficient (Wildman–Crippen LogP) is 1.39. The Hall–Kier alpha value is -0.830. The third-order valence-electron chi connectivity index (χ3n) is 0.923. The summed E-state index contributed by atoms with van der Waals surface area (Å²) in [4.78, 5) is 9.60. The first kappa shape index (κ1) is 12.8. The third-order valence-corrected chi connectivity index (χ3v) is 0.923. The summed E-state index contributed by atoms with van der Waals surface area (Å²) in [6.07, 6.45) is 2.39. The van der Waals surface area contributed by atoms with Crippen LogP contribution in [0.2, 0.25) is 0 Å². The van der Waals surface area contributed by atoms with Gasteiger partial charge in [-0.2, -0.15) is 0 Å². The van der Waals surface area contributed by atoms with Crippen LogP contribution in [0.5, 0.6) is 0 Å². The zero-order valence-electron chi connectivity index (χ0n) is 7.26. The molecule has 0 aliphatic carbocycles. The average molecular weight is 159 g/mol. The van der Waals surface area contributed by atoms with E-state index in [1.54, 1.807) is 0 Å². The van der Waals surface area contributed by atoms with Gasteiger partial charge in [0.15, 0.2) is 0 Å². The molecule has 0 spiro atoms. The predicted molar refractivity (Wildman–Crippen MR) is 46.4 cm³/mol. The van der Waals surface area contributed by atoms with Crippen molar-refractivity contribution in [2.24, 2.45) is 5.73 Å². The standard InChI is InChI=1S/C4H11N.C4H6O2/c1-2-3-4-5;1-3(2)4(5)6/h2-5H2,1H3;1H2,2H3,(H,5,6). The van der Waals surface area contributed by atoms with Crippen LogP contribution in [-0.2, 0) is 4.79 Å². The second-order valence-corrected chi connectivity index (χ2v) is 2.23. The molecule has 0 amide bonds. The van der Waals surface area contributed by atoms with E-state index < -0.39 is 5.97 Å². The molecule has 0 fully saturated rings. The molecule has 3 nitrogen and oxygen atoms in total. The van der Waals surface area contributed by atoms with E-state index in [0.29, 0.717) is 0 Å². The summed E-state index contributed by atoms with van der Waals surface area (Å²) in [7, 11) is 0. The first-order valence-corrected chi connectivity index (χ1v) is 3.65. The number of rotatable bonds is 3. The number of carbonyl (C=O) groups is 1. The number of carboxylic acid groups (broad SMARTS) is 1. The van der Waals surface area contributed by atoms with E-state index in [4.69, 9.17) is 10.8 Å². The number of hydrogen-bond acceptors (Lipinski definition) is 2. The van der Waals surface area contributed by atoms with Crippen LogP contribution >= 0.6 is 0 Å². The van der Waals surface area contributed by atoms with Gasteiger partial charge in [0.1, 0.15) is 0 Å².